The fourth-order valence-corrected chi connectivity index (χ4v) is 3.37. The summed E-state index contributed by atoms with van der Waals surface area (Å²) in [5, 5.41) is 0. The van der Waals surface area contributed by atoms with Crippen molar-refractivity contribution in [1.82, 2.24) is 19.1 Å². The number of imidazole rings is 2. The lowest BCUT2D eigenvalue weighted by molar-refractivity contribution is 0.391. The van der Waals surface area contributed by atoms with E-state index in [2.05, 4.69) is 32.2 Å². The maximum Gasteiger partial charge on any atom is 0.0948 e. The number of aryl methyl sites for hydroxylation is 1. The van der Waals surface area contributed by atoms with Crippen molar-refractivity contribution in [3.63, 3.8) is 0 Å². The molecule has 2 rings (SSSR count). The van der Waals surface area contributed by atoms with Gasteiger partial charge in [0.2, 0.25) is 0 Å². The fourth-order valence-electron chi connectivity index (χ4n) is 3.37. The van der Waals surface area contributed by atoms with Crippen LogP contribution < -0.4 is 0 Å². The van der Waals surface area contributed by atoms with E-state index in [1.807, 2.05) is 31.2 Å². The highest BCUT2D eigenvalue weighted by molar-refractivity contribution is 4.81. The van der Waals surface area contributed by atoms with Crippen LogP contribution in [0.4, 0.5) is 0 Å². The summed E-state index contributed by atoms with van der Waals surface area (Å²) >= 11 is 0. The Bertz CT molecular complexity index is 490. The number of nitrogens with zero attached hydrogens (tertiary/aromatic N) is 4. The molecule has 0 aliphatic heterocycles. The third-order valence-electron chi connectivity index (χ3n) is 4.85. The predicted molar refractivity (Wildman–Crippen MR) is 100.0 cm³/mol. The normalized spacial score (nSPS) is 12.5. The van der Waals surface area contributed by atoms with Crippen molar-refractivity contribution in [2.24, 2.45) is 0 Å². The molecule has 0 aliphatic rings. The van der Waals surface area contributed by atoms with E-state index in [0.717, 1.165) is 6.54 Å². The van der Waals surface area contributed by atoms with E-state index in [1.54, 1.807) is 0 Å². The zero-order valence-electron chi connectivity index (χ0n) is 15.3. The zero-order chi connectivity index (χ0) is 16.9. The van der Waals surface area contributed by atoms with Gasteiger partial charge in [-0.1, -0.05) is 58.3 Å². The molecule has 1 atom stereocenters. The second-order valence-corrected chi connectivity index (χ2v) is 6.87. The zero-order valence-corrected chi connectivity index (χ0v) is 15.3. The van der Waals surface area contributed by atoms with E-state index >= 15 is 0 Å². The van der Waals surface area contributed by atoms with E-state index in [-0.39, 0.29) is 0 Å². The van der Waals surface area contributed by atoms with Gasteiger partial charge in [-0.3, -0.25) is 0 Å². The number of aromatic nitrogens is 4. The highest BCUT2D eigenvalue weighted by Crippen LogP contribution is 2.22. The van der Waals surface area contributed by atoms with Crippen molar-refractivity contribution in [2.45, 2.75) is 90.1 Å². The SMILES string of the molecule is CCCCCCCCCCC(CCCn1ccnc1)n1ccnc1. The average Bonchev–Trinajstić information content (AvgIpc) is 3.29. The van der Waals surface area contributed by atoms with Crippen molar-refractivity contribution in [1.29, 1.82) is 0 Å². The molecule has 0 saturated carbocycles. The van der Waals surface area contributed by atoms with Crippen LogP contribution in [-0.2, 0) is 6.54 Å². The molecular weight excluding hydrogens is 296 g/mol. The Morgan fingerprint density at radius 1 is 0.750 bits per heavy atom. The molecule has 0 saturated heterocycles. The summed E-state index contributed by atoms with van der Waals surface area (Å²) in [6.45, 7) is 3.34. The van der Waals surface area contributed by atoms with Crippen molar-refractivity contribution >= 4 is 0 Å². The van der Waals surface area contributed by atoms with E-state index in [1.165, 1.54) is 70.6 Å². The van der Waals surface area contributed by atoms with Gasteiger partial charge in [0, 0.05) is 37.4 Å². The molecular formula is C20H34N4. The summed E-state index contributed by atoms with van der Waals surface area (Å²) in [5.74, 6) is 0. The Hall–Kier alpha value is -1.58. The first-order chi connectivity index (χ1) is 11.9. The van der Waals surface area contributed by atoms with Crippen LogP contribution in [0.25, 0.3) is 0 Å². The van der Waals surface area contributed by atoms with Crippen LogP contribution in [-0.4, -0.2) is 19.1 Å². The number of unbranched alkanes of at least 4 members (excludes halogenated alkanes) is 7. The molecule has 0 spiro atoms. The van der Waals surface area contributed by atoms with Crippen molar-refractivity contribution in [3.05, 3.63) is 37.4 Å². The maximum absolute atomic E-state index is 4.24. The molecule has 4 heteroatoms. The first-order valence-electron chi connectivity index (χ1n) is 9.83. The molecule has 4 nitrogen and oxygen atoms in total. The number of rotatable bonds is 14. The van der Waals surface area contributed by atoms with E-state index in [4.69, 9.17) is 0 Å². The predicted octanol–water partition coefficient (Wildman–Crippen LogP) is 5.63. The van der Waals surface area contributed by atoms with Crippen molar-refractivity contribution in [3.8, 4) is 0 Å². The third-order valence-corrected chi connectivity index (χ3v) is 4.85. The molecule has 0 fully saturated rings. The first kappa shape index (κ1) is 18.8. The van der Waals surface area contributed by atoms with Crippen LogP contribution in [0.3, 0.4) is 0 Å². The van der Waals surface area contributed by atoms with Gasteiger partial charge in [-0.2, -0.15) is 0 Å². The Labute approximate surface area is 147 Å². The summed E-state index contributed by atoms with van der Waals surface area (Å²) < 4.78 is 4.47. The van der Waals surface area contributed by atoms with Crippen LogP contribution in [0, 0.1) is 0 Å². The molecule has 2 heterocycles. The number of hydrogen-bond donors (Lipinski definition) is 0. The molecule has 134 valence electrons. The largest absolute Gasteiger partial charge is 0.337 e. The maximum atomic E-state index is 4.24. The Balaban J connectivity index is 1.62. The first-order valence-corrected chi connectivity index (χ1v) is 9.83. The molecule has 1 unspecified atom stereocenters. The Kier molecular flexibility index (Phi) is 9.28. The Morgan fingerprint density at radius 2 is 1.42 bits per heavy atom. The summed E-state index contributed by atoms with van der Waals surface area (Å²) in [6.07, 6.45) is 26.6. The molecule has 0 aliphatic carbocycles. The molecule has 0 amide bonds. The molecule has 2 aromatic heterocycles. The van der Waals surface area contributed by atoms with Gasteiger partial charge in [0.15, 0.2) is 0 Å². The van der Waals surface area contributed by atoms with Gasteiger partial charge >= 0.3 is 0 Å². The van der Waals surface area contributed by atoms with Gasteiger partial charge < -0.3 is 9.13 Å². The molecule has 2 aromatic rings. The summed E-state index contributed by atoms with van der Waals surface area (Å²) in [6, 6.07) is 0.594. The quantitative estimate of drug-likeness (QED) is 0.421. The van der Waals surface area contributed by atoms with Gasteiger partial charge in [-0.05, 0) is 19.3 Å². The van der Waals surface area contributed by atoms with E-state index in [0.29, 0.717) is 6.04 Å². The molecule has 0 bridgehead atoms. The minimum atomic E-state index is 0.594. The Morgan fingerprint density at radius 3 is 2.08 bits per heavy atom. The van der Waals surface area contributed by atoms with E-state index in [9.17, 15) is 0 Å². The molecule has 0 radical (unpaired) electrons. The monoisotopic (exact) mass is 330 g/mol. The van der Waals surface area contributed by atoms with Crippen LogP contribution in [0.15, 0.2) is 37.4 Å². The molecule has 24 heavy (non-hydrogen) atoms. The van der Waals surface area contributed by atoms with Crippen LogP contribution >= 0.6 is 0 Å². The van der Waals surface area contributed by atoms with Crippen LogP contribution in [0.1, 0.15) is 83.6 Å². The van der Waals surface area contributed by atoms with Crippen LogP contribution in [0.2, 0.25) is 0 Å². The lowest BCUT2D eigenvalue weighted by atomic mass is 10.0. The van der Waals surface area contributed by atoms with Crippen molar-refractivity contribution < 1.29 is 0 Å². The molecule has 0 aromatic carbocycles. The highest BCUT2D eigenvalue weighted by atomic mass is 15.1. The minimum absolute atomic E-state index is 0.594. The summed E-state index contributed by atoms with van der Waals surface area (Å²) in [7, 11) is 0. The molecule has 0 N–H and O–H groups in total. The highest BCUT2D eigenvalue weighted by Gasteiger charge is 2.10. The lowest BCUT2D eigenvalue weighted by Gasteiger charge is -2.18. The number of hydrogen-bond acceptors (Lipinski definition) is 2. The standard InChI is InChI=1S/C20H34N4/c1-2-3-4-5-6-7-8-9-11-20(24-17-14-22-19-24)12-10-15-23-16-13-21-18-23/h13-14,16-20H,2-12,15H2,1H3. The van der Waals surface area contributed by atoms with E-state index < -0.39 is 0 Å². The van der Waals surface area contributed by atoms with Gasteiger partial charge in [0.05, 0.1) is 12.7 Å². The van der Waals surface area contributed by atoms with Gasteiger partial charge in [-0.25, -0.2) is 9.97 Å². The smallest absolute Gasteiger partial charge is 0.0948 e. The minimum Gasteiger partial charge on any atom is -0.337 e. The van der Waals surface area contributed by atoms with Gasteiger partial charge in [0.1, 0.15) is 0 Å². The fraction of sp³-hybridized carbons (Fsp3) is 0.700. The third kappa shape index (κ3) is 7.33. The second kappa shape index (κ2) is 11.9. The lowest BCUT2D eigenvalue weighted by Crippen LogP contribution is -2.09. The van der Waals surface area contributed by atoms with Gasteiger partial charge in [-0.15, -0.1) is 0 Å². The summed E-state index contributed by atoms with van der Waals surface area (Å²) in [5.41, 5.74) is 0. The topological polar surface area (TPSA) is 35.6 Å². The second-order valence-electron chi connectivity index (χ2n) is 6.87. The van der Waals surface area contributed by atoms with Crippen LogP contribution in [0.5, 0.6) is 0 Å². The van der Waals surface area contributed by atoms with Gasteiger partial charge in [0.25, 0.3) is 0 Å². The average molecular weight is 331 g/mol. The summed E-state index contributed by atoms with van der Waals surface area (Å²) in [4.78, 5) is 8.35. The van der Waals surface area contributed by atoms with Crippen molar-refractivity contribution in [2.75, 3.05) is 0 Å².